The predicted molar refractivity (Wildman–Crippen MR) is 81.5 cm³/mol. The third kappa shape index (κ3) is 3.18. The highest BCUT2D eigenvalue weighted by atomic mass is 16.5. The van der Waals surface area contributed by atoms with E-state index in [2.05, 4.69) is 12.2 Å². The molecular formula is C17H19NO2. The van der Waals surface area contributed by atoms with E-state index < -0.39 is 0 Å². The van der Waals surface area contributed by atoms with Crippen LogP contribution in [0.4, 0.5) is 5.69 Å². The molecule has 0 saturated carbocycles. The van der Waals surface area contributed by atoms with Crippen molar-refractivity contribution in [3.05, 3.63) is 59.2 Å². The van der Waals surface area contributed by atoms with Gasteiger partial charge in [-0.05, 0) is 48.7 Å². The SMILES string of the molecule is CCc1ccc(C(=O)Nc2ccc(C)cc2OC)cc1. The van der Waals surface area contributed by atoms with E-state index >= 15 is 0 Å². The van der Waals surface area contributed by atoms with Crippen molar-refractivity contribution in [2.75, 3.05) is 12.4 Å². The minimum absolute atomic E-state index is 0.130. The minimum Gasteiger partial charge on any atom is -0.495 e. The number of aryl methyl sites for hydroxylation is 2. The lowest BCUT2D eigenvalue weighted by Crippen LogP contribution is -2.12. The van der Waals surface area contributed by atoms with E-state index in [1.807, 2.05) is 49.4 Å². The Morgan fingerprint density at radius 3 is 2.45 bits per heavy atom. The number of benzene rings is 2. The number of anilines is 1. The highest BCUT2D eigenvalue weighted by Crippen LogP contribution is 2.25. The second kappa shape index (κ2) is 6.24. The largest absolute Gasteiger partial charge is 0.495 e. The number of nitrogens with one attached hydrogen (secondary N) is 1. The maximum Gasteiger partial charge on any atom is 0.255 e. The van der Waals surface area contributed by atoms with Crippen molar-refractivity contribution < 1.29 is 9.53 Å². The van der Waals surface area contributed by atoms with Crippen LogP contribution in [0.25, 0.3) is 0 Å². The zero-order chi connectivity index (χ0) is 14.5. The smallest absolute Gasteiger partial charge is 0.255 e. The zero-order valence-corrected chi connectivity index (χ0v) is 12.1. The van der Waals surface area contributed by atoms with Crippen LogP contribution in [-0.2, 0) is 6.42 Å². The van der Waals surface area contributed by atoms with Gasteiger partial charge in [-0.15, -0.1) is 0 Å². The highest BCUT2D eigenvalue weighted by Gasteiger charge is 2.09. The first-order valence-corrected chi connectivity index (χ1v) is 6.69. The van der Waals surface area contributed by atoms with E-state index in [1.165, 1.54) is 5.56 Å². The summed E-state index contributed by atoms with van der Waals surface area (Å²) in [6.07, 6.45) is 0.966. The fourth-order valence-corrected chi connectivity index (χ4v) is 1.99. The van der Waals surface area contributed by atoms with Crippen molar-refractivity contribution in [3.63, 3.8) is 0 Å². The van der Waals surface area contributed by atoms with E-state index in [4.69, 9.17) is 4.74 Å². The summed E-state index contributed by atoms with van der Waals surface area (Å²) in [6.45, 7) is 4.07. The van der Waals surface area contributed by atoms with Gasteiger partial charge in [0.2, 0.25) is 0 Å². The summed E-state index contributed by atoms with van der Waals surface area (Å²) < 4.78 is 5.28. The Morgan fingerprint density at radius 1 is 1.15 bits per heavy atom. The zero-order valence-electron chi connectivity index (χ0n) is 12.1. The quantitative estimate of drug-likeness (QED) is 0.916. The molecular weight excluding hydrogens is 250 g/mol. The monoisotopic (exact) mass is 269 g/mol. The molecule has 0 aromatic heterocycles. The lowest BCUT2D eigenvalue weighted by molar-refractivity contribution is 0.102. The molecule has 0 fully saturated rings. The second-order valence-corrected chi connectivity index (χ2v) is 4.71. The van der Waals surface area contributed by atoms with E-state index in [-0.39, 0.29) is 5.91 Å². The Bertz CT molecular complexity index is 603. The molecule has 2 aromatic carbocycles. The molecule has 3 heteroatoms. The van der Waals surface area contributed by atoms with E-state index in [1.54, 1.807) is 7.11 Å². The van der Waals surface area contributed by atoms with Gasteiger partial charge < -0.3 is 10.1 Å². The Kier molecular flexibility index (Phi) is 4.41. The third-order valence-electron chi connectivity index (χ3n) is 3.23. The third-order valence-corrected chi connectivity index (χ3v) is 3.23. The summed E-state index contributed by atoms with van der Waals surface area (Å²) in [6, 6.07) is 13.3. The number of rotatable bonds is 4. The molecule has 0 unspecified atom stereocenters. The van der Waals surface area contributed by atoms with Crippen LogP contribution in [0.1, 0.15) is 28.4 Å². The van der Waals surface area contributed by atoms with E-state index in [9.17, 15) is 4.79 Å². The van der Waals surface area contributed by atoms with E-state index in [0.717, 1.165) is 12.0 Å². The molecule has 0 aliphatic carbocycles. The normalized spacial score (nSPS) is 10.2. The first kappa shape index (κ1) is 14.1. The van der Waals surface area contributed by atoms with Crippen molar-refractivity contribution in [1.82, 2.24) is 0 Å². The Labute approximate surface area is 119 Å². The van der Waals surface area contributed by atoms with Crippen molar-refractivity contribution in [2.45, 2.75) is 20.3 Å². The molecule has 0 heterocycles. The molecule has 0 aliphatic rings. The number of carbonyl (C=O) groups excluding carboxylic acids is 1. The second-order valence-electron chi connectivity index (χ2n) is 4.71. The molecule has 1 N–H and O–H groups in total. The number of ether oxygens (including phenoxy) is 1. The van der Waals surface area contributed by atoms with Crippen LogP contribution in [0.2, 0.25) is 0 Å². The molecule has 0 spiro atoms. The summed E-state index contributed by atoms with van der Waals surface area (Å²) in [5.41, 5.74) is 3.63. The van der Waals surface area contributed by atoms with Gasteiger partial charge in [-0.2, -0.15) is 0 Å². The molecule has 0 radical (unpaired) electrons. The van der Waals surface area contributed by atoms with E-state index in [0.29, 0.717) is 17.0 Å². The fraction of sp³-hybridized carbons (Fsp3) is 0.235. The standard InChI is InChI=1S/C17H19NO2/c1-4-13-6-8-14(9-7-13)17(19)18-15-10-5-12(2)11-16(15)20-3/h5-11H,4H2,1-3H3,(H,18,19). The van der Waals surface area contributed by atoms with Gasteiger partial charge in [-0.25, -0.2) is 0 Å². The van der Waals surface area contributed by atoms with Crippen molar-refractivity contribution in [1.29, 1.82) is 0 Å². The van der Waals surface area contributed by atoms with Crippen molar-refractivity contribution >= 4 is 11.6 Å². The van der Waals surface area contributed by atoms with Gasteiger partial charge in [-0.1, -0.05) is 25.1 Å². The fourth-order valence-electron chi connectivity index (χ4n) is 1.99. The lowest BCUT2D eigenvalue weighted by Gasteiger charge is -2.11. The van der Waals surface area contributed by atoms with Gasteiger partial charge in [0, 0.05) is 5.56 Å². The summed E-state index contributed by atoms with van der Waals surface area (Å²) in [5, 5.41) is 2.88. The summed E-state index contributed by atoms with van der Waals surface area (Å²) in [5.74, 6) is 0.540. The summed E-state index contributed by atoms with van der Waals surface area (Å²) in [4.78, 5) is 12.2. The molecule has 2 rings (SSSR count). The highest BCUT2D eigenvalue weighted by molar-refractivity contribution is 6.05. The molecule has 3 nitrogen and oxygen atoms in total. The number of carbonyl (C=O) groups is 1. The van der Waals surface area contributed by atoms with Crippen LogP contribution in [0.15, 0.2) is 42.5 Å². The average Bonchev–Trinajstić information content (AvgIpc) is 2.49. The van der Waals surface area contributed by atoms with Gasteiger partial charge in [0.25, 0.3) is 5.91 Å². The molecule has 0 saturated heterocycles. The van der Waals surface area contributed by atoms with Gasteiger partial charge in [0.05, 0.1) is 12.8 Å². The first-order chi connectivity index (χ1) is 9.63. The first-order valence-electron chi connectivity index (χ1n) is 6.69. The lowest BCUT2D eigenvalue weighted by atomic mass is 10.1. The number of amides is 1. The molecule has 104 valence electrons. The Morgan fingerprint density at radius 2 is 1.85 bits per heavy atom. The molecule has 2 aromatic rings. The van der Waals surface area contributed by atoms with Crippen molar-refractivity contribution in [2.24, 2.45) is 0 Å². The summed E-state index contributed by atoms with van der Waals surface area (Å²) >= 11 is 0. The average molecular weight is 269 g/mol. The molecule has 1 amide bonds. The van der Waals surface area contributed by atoms with Gasteiger partial charge >= 0.3 is 0 Å². The van der Waals surface area contributed by atoms with Crippen LogP contribution < -0.4 is 10.1 Å². The van der Waals surface area contributed by atoms with Gasteiger partial charge in [-0.3, -0.25) is 4.79 Å². The van der Waals surface area contributed by atoms with Crippen LogP contribution in [0, 0.1) is 6.92 Å². The molecule has 0 atom stereocenters. The van der Waals surface area contributed by atoms with Crippen LogP contribution in [0.3, 0.4) is 0 Å². The van der Waals surface area contributed by atoms with Crippen LogP contribution in [-0.4, -0.2) is 13.0 Å². The molecule has 0 aliphatic heterocycles. The van der Waals surface area contributed by atoms with Crippen LogP contribution >= 0.6 is 0 Å². The summed E-state index contributed by atoms with van der Waals surface area (Å²) in [7, 11) is 1.60. The van der Waals surface area contributed by atoms with Crippen LogP contribution in [0.5, 0.6) is 5.75 Å². The molecule has 20 heavy (non-hydrogen) atoms. The maximum absolute atomic E-state index is 12.2. The maximum atomic E-state index is 12.2. The Balaban J connectivity index is 2.18. The molecule has 0 bridgehead atoms. The number of methoxy groups -OCH3 is 1. The number of hydrogen-bond acceptors (Lipinski definition) is 2. The van der Waals surface area contributed by atoms with Gasteiger partial charge in [0.15, 0.2) is 0 Å². The number of hydrogen-bond donors (Lipinski definition) is 1. The predicted octanol–water partition coefficient (Wildman–Crippen LogP) is 3.82. The minimum atomic E-state index is -0.130. The van der Waals surface area contributed by atoms with Gasteiger partial charge in [0.1, 0.15) is 5.75 Å². The Hall–Kier alpha value is -2.29. The van der Waals surface area contributed by atoms with Crippen molar-refractivity contribution in [3.8, 4) is 5.75 Å². The topological polar surface area (TPSA) is 38.3 Å².